The van der Waals surface area contributed by atoms with Crippen LogP contribution in [0.3, 0.4) is 0 Å². The Morgan fingerprint density at radius 3 is 2.04 bits per heavy atom. The molecule has 3 aromatic carbocycles. The zero-order chi connectivity index (χ0) is 17.5. The molecule has 1 amide bonds. The Morgan fingerprint density at radius 2 is 1.40 bits per heavy atom. The van der Waals surface area contributed by atoms with Gasteiger partial charge in [0.2, 0.25) is 5.91 Å². The molecule has 0 aliphatic carbocycles. The van der Waals surface area contributed by atoms with Gasteiger partial charge in [0.05, 0.1) is 13.5 Å². The Labute approximate surface area is 147 Å². The molecule has 2 N–H and O–H groups in total. The summed E-state index contributed by atoms with van der Waals surface area (Å²) in [5.41, 5.74) is 3.72. The first-order valence-corrected chi connectivity index (χ1v) is 8.08. The van der Waals surface area contributed by atoms with Crippen molar-refractivity contribution in [1.29, 1.82) is 0 Å². The molecule has 0 unspecified atom stereocenters. The highest BCUT2D eigenvalue weighted by Crippen LogP contribution is 2.19. The number of rotatable bonds is 6. The highest BCUT2D eigenvalue weighted by Gasteiger charge is 2.05. The van der Waals surface area contributed by atoms with Crippen LogP contribution >= 0.6 is 0 Å². The molecule has 0 bridgehead atoms. The predicted octanol–water partition coefficient (Wildman–Crippen LogP) is 4.62. The number of benzene rings is 3. The Morgan fingerprint density at radius 1 is 0.800 bits per heavy atom. The summed E-state index contributed by atoms with van der Waals surface area (Å²) in [5.74, 6) is 0.736. The first-order valence-electron chi connectivity index (χ1n) is 8.08. The molecule has 4 heteroatoms. The molecule has 0 heterocycles. The summed E-state index contributed by atoms with van der Waals surface area (Å²) in [6.07, 6.45) is 0.327. The lowest BCUT2D eigenvalue weighted by atomic mass is 10.1. The fraction of sp³-hybridized carbons (Fsp3) is 0.0952. The van der Waals surface area contributed by atoms with Crippen LogP contribution in [0.25, 0.3) is 0 Å². The molecule has 3 aromatic rings. The van der Waals surface area contributed by atoms with Crippen LogP contribution in [0, 0.1) is 0 Å². The van der Waals surface area contributed by atoms with E-state index in [-0.39, 0.29) is 5.91 Å². The maximum Gasteiger partial charge on any atom is 0.228 e. The van der Waals surface area contributed by atoms with Gasteiger partial charge in [-0.25, -0.2) is 0 Å². The maximum absolute atomic E-state index is 12.2. The van der Waals surface area contributed by atoms with E-state index in [2.05, 4.69) is 10.6 Å². The van der Waals surface area contributed by atoms with Crippen molar-refractivity contribution < 1.29 is 9.53 Å². The number of carbonyl (C=O) groups excluding carboxylic acids is 1. The molecule has 0 aliphatic heterocycles. The number of nitrogens with one attached hydrogen (secondary N) is 2. The number of hydrogen-bond acceptors (Lipinski definition) is 3. The average Bonchev–Trinajstić information content (AvgIpc) is 2.65. The number of methoxy groups -OCH3 is 1. The van der Waals surface area contributed by atoms with Gasteiger partial charge in [0.25, 0.3) is 0 Å². The first-order chi connectivity index (χ1) is 12.2. The molecule has 0 saturated carbocycles. The van der Waals surface area contributed by atoms with Crippen molar-refractivity contribution in [2.75, 3.05) is 17.7 Å². The van der Waals surface area contributed by atoms with E-state index in [0.717, 1.165) is 28.4 Å². The third-order valence-corrected chi connectivity index (χ3v) is 3.75. The molecule has 0 radical (unpaired) electrons. The van der Waals surface area contributed by atoms with Crippen LogP contribution in [0.4, 0.5) is 17.1 Å². The molecule has 4 nitrogen and oxygen atoms in total. The third kappa shape index (κ3) is 4.85. The van der Waals surface area contributed by atoms with Gasteiger partial charge in [-0.2, -0.15) is 0 Å². The smallest absolute Gasteiger partial charge is 0.228 e. The Bertz CT molecular complexity index is 813. The zero-order valence-electron chi connectivity index (χ0n) is 14.0. The van der Waals surface area contributed by atoms with E-state index in [9.17, 15) is 4.79 Å². The lowest BCUT2D eigenvalue weighted by Crippen LogP contribution is -2.14. The minimum Gasteiger partial charge on any atom is -0.497 e. The lowest BCUT2D eigenvalue weighted by Gasteiger charge is -2.09. The summed E-state index contributed by atoms with van der Waals surface area (Å²) in [5, 5.41) is 6.22. The van der Waals surface area contributed by atoms with Gasteiger partial charge < -0.3 is 15.4 Å². The molecule has 0 spiro atoms. The Balaban J connectivity index is 1.56. The minimum atomic E-state index is -0.0473. The average molecular weight is 332 g/mol. The van der Waals surface area contributed by atoms with Crippen molar-refractivity contribution in [1.82, 2.24) is 0 Å². The predicted molar refractivity (Wildman–Crippen MR) is 101 cm³/mol. The summed E-state index contributed by atoms with van der Waals surface area (Å²) in [6.45, 7) is 0. The number of para-hydroxylation sites is 1. The molecule has 0 aliphatic rings. The molecule has 25 heavy (non-hydrogen) atoms. The monoisotopic (exact) mass is 332 g/mol. The van der Waals surface area contributed by atoms with Crippen molar-refractivity contribution in [3.05, 3.63) is 84.4 Å². The van der Waals surface area contributed by atoms with Gasteiger partial charge in [0, 0.05) is 17.1 Å². The second-order valence-corrected chi connectivity index (χ2v) is 5.64. The van der Waals surface area contributed by atoms with Crippen LogP contribution in [-0.2, 0) is 11.2 Å². The standard InChI is InChI=1S/C21H20N2O2/c1-25-20-13-7-16(8-14-20)15-21(24)23-19-11-9-18(10-12-19)22-17-5-3-2-4-6-17/h2-14,22H,15H2,1H3,(H,23,24). The normalized spacial score (nSPS) is 10.1. The van der Waals surface area contributed by atoms with Crippen LogP contribution in [-0.4, -0.2) is 13.0 Å². The van der Waals surface area contributed by atoms with Gasteiger partial charge in [-0.1, -0.05) is 30.3 Å². The van der Waals surface area contributed by atoms with Crippen LogP contribution in [0.2, 0.25) is 0 Å². The molecule has 0 saturated heterocycles. The highest BCUT2D eigenvalue weighted by atomic mass is 16.5. The van der Waals surface area contributed by atoms with Gasteiger partial charge in [-0.15, -0.1) is 0 Å². The van der Waals surface area contributed by atoms with Crippen molar-refractivity contribution in [2.45, 2.75) is 6.42 Å². The molecule has 0 aromatic heterocycles. The molecule has 126 valence electrons. The van der Waals surface area contributed by atoms with Crippen molar-refractivity contribution >= 4 is 23.0 Å². The number of anilines is 3. The largest absolute Gasteiger partial charge is 0.497 e. The summed E-state index contributed by atoms with van der Waals surface area (Å²) < 4.78 is 5.12. The third-order valence-electron chi connectivity index (χ3n) is 3.75. The van der Waals surface area contributed by atoms with Gasteiger partial charge in [0.15, 0.2) is 0 Å². The fourth-order valence-electron chi connectivity index (χ4n) is 2.46. The van der Waals surface area contributed by atoms with Crippen LogP contribution in [0.5, 0.6) is 5.75 Å². The van der Waals surface area contributed by atoms with Crippen LogP contribution in [0.15, 0.2) is 78.9 Å². The SMILES string of the molecule is COc1ccc(CC(=O)Nc2ccc(Nc3ccccc3)cc2)cc1. The fourth-order valence-corrected chi connectivity index (χ4v) is 2.46. The summed E-state index contributed by atoms with van der Waals surface area (Å²) >= 11 is 0. The van der Waals surface area contributed by atoms with Crippen LogP contribution in [0.1, 0.15) is 5.56 Å². The van der Waals surface area contributed by atoms with E-state index in [4.69, 9.17) is 4.74 Å². The van der Waals surface area contributed by atoms with E-state index < -0.39 is 0 Å². The minimum absolute atomic E-state index is 0.0473. The number of carbonyl (C=O) groups is 1. The quantitative estimate of drug-likeness (QED) is 0.692. The first kappa shape index (κ1) is 16.6. The Kier molecular flexibility index (Phi) is 5.32. The van der Waals surface area contributed by atoms with Crippen LogP contribution < -0.4 is 15.4 Å². The van der Waals surface area contributed by atoms with E-state index in [1.807, 2.05) is 78.9 Å². The van der Waals surface area contributed by atoms with E-state index in [0.29, 0.717) is 6.42 Å². The summed E-state index contributed by atoms with van der Waals surface area (Å²) in [6, 6.07) is 25.1. The lowest BCUT2D eigenvalue weighted by molar-refractivity contribution is -0.115. The van der Waals surface area contributed by atoms with Crippen molar-refractivity contribution in [2.24, 2.45) is 0 Å². The topological polar surface area (TPSA) is 50.4 Å². The van der Waals surface area contributed by atoms with E-state index in [1.54, 1.807) is 7.11 Å². The second-order valence-electron chi connectivity index (χ2n) is 5.64. The van der Waals surface area contributed by atoms with Gasteiger partial charge in [-0.05, 0) is 54.1 Å². The number of hydrogen-bond donors (Lipinski definition) is 2. The number of amides is 1. The van der Waals surface area contributed by atoms with Crippen molar-refractivity contribution in [3.63, 3.8) is 0 Å². The summed E-state index contributed by atoms with van der Waals surface area (Å²) in [4.78, 5) is 12.2. The van der Waals surface area contributed by atoms with Gasteiger partial charge >= 0.3 is 0 Å². The van der Waals surface area contributed by atoms with Gasteiger partial charge in [0.1, 0.15) is 5.75 Å². The van der Waals surface area contributed by atoms with Gasteiger partial charge in [-0.3, -0.25) is 4.79 Å². The van der Waals surface area contributed by atoms with E-state index in [1.165, 1.54) is 0 Å². The Hall–Kier alpha value is -3.27. The molecule has 0 fully saturated rings. The molecule has 3 rings (SSSR count). The summed E-state index contributed by atoms with van der Waals surface area (Å²) in [7, 11) is 1.62. The number of ether oxygens (including phenoxy) is 1. The van der Waals surface area contributed by atoms with E-state index >= 15 is 0 Å². The van der Waals surface area contributed by atoms with Crippen molar-refractivity contribution in [3.8, 4) is 5.75 Å². The second kappa shape index (κ2) is 8.02. The molecular formula is C21H20N2O2. The highest BCUT2D eigenvalue weighted by molar-refractivity contribution is 5.92. The molecule has 0 atom stereocenters. The molecular weight excluding hydrogens is 312 g/mol. The zero-order valence-corrected chi connectivity index (χ0v) is 14.0. The maximum atomic E-state index is 12.2.